The van der Waals surface area contributed by atoms with E-state index in [1.165, 1.54) is 32.7 Å². The Hall–Kier alpha value is -0.197. The molecule has 0 saturated heterocycles. The van der Waals surface area contributed by atoms with Gasteiger partial charge in [0.15, 0.2) is 0 Å². The molecule has 0 aliphatic heterocycles. The number of aryl methyl sites for hydroxylation is 1. The van der Waals surface area contributed by atoms with E-state index in [1.807, 2.05) is 12.1 Å². The van der Waals surface area contributed by atoms with Crippen LogP contribution >= 0.6 is 13.6 Å². The molecule has 2 rings (SSSR count). The summed E-state index contributed by atoms with van der Waals surface area (Å²) in [4.78, 5) is 0. The van der Waals surface area contributed by atoms with E-state index in [-0.39, 0.29) is 0 Å². The molecule has 0 fully saturated rings. The summed E-state index contributed by atoms with van der Waals surface area (Å²) in [5, 5.41) is 2.50. The summed E-state index contributed by atoms with van der Waals surface area (Å²) in [6.45, 7) is 2.12. The summed E-state index contributed by atoms with van der Waals surface area (Å²) < 4.78 is 0. The second-order valence-electron chi connectivity index (χ2n) is 2.71. The van der Waals surface area contributed by atoms with Gasteiger partial charge in [0, 0.05) is 0 Å². The van der Waals surface area contributed by atoms with Crippen LogP contribution in [0.25, 0.3) is 10.8 Å². The zero-order valence-electron chi connectivity index (χ0n) is 7.55. The Morgan fingerprint density at radius 1 is 1.15 bits per heavy atom. The summed E-state index contributed by atoms with van der Waals surface area (Å²) in [7, 11) is 0. The molecular weight excluding hydrogens is 277 g/mol. The topological polar surface area (TPSA) is 0 Å². The van der Waals surface area contributed by atoms with Crippen molar-refractivity contribution in [1.29, 1.82) is 0 Å². The van der Waals surface area contributed by atoms with Gasteiger partial charge >= 0.3 is 30.0 Å². The number of halogens is 1. The summed E-state index contributed by atoms with van der Waals surface area (Å²) >= 11 is 4.25. The van der Waals surface area contributed by atoms with Gasteiger partial charge in [-0.05, 0) is 0 Å². The number of benzene rings is 2. The quantitative estimate of drug-likeness (QED) is 0.510. The number of fused-ring (bicyclic) bond motifs is 1. The molecule has 0 spiro atoms. The van der Waals surface area contributed by atoms with Gasteiger partial charge in [0.1, 0.15) is 0 Å². The summed E-state index contributed by atoms with van der Waals surface area (Å²) in [5.74, 6) is 0. The third-order valence-electron chi connectivity index (χ3n) is 1.92. The van der Waals surface area contributed by atoms with Crippen molar-refractivity contribution in [3.05, 3.63) is 48.0 Å². The molecule has 0 nitrogen and oxygen atoms in total. The minimum atomic E-state index is 1.19. The molecule has 0 N–H and O–H groups in total. The van der Waals surface area contributed by atoms with Crippen molar-refractivity contribution >= 4 is 24.4 Å². The maximum absolute atomic E-state index is 3.19. The number of hydrogen-bond acceptors (Lipinski definition) is 0. The zero-order valence-corrected chi connectivity index (χ0v) is 12.1. The number of hydrogen-bond donors (Lipinski definition) is 0. The van der Waals surface area contributed by atoms with Gasteiger partial charge in [-0.15, -0.1) is 46.7 Å². The van der Waals surface area contributed by atoms with Crippen molar-refractivity contribution in [2.24, 2.45) is 0 Å². The van der Waals surface area contributed by atoms with Gasteiger partial charge in [0.2, 0.25) is 0 Å². The summed E-state index contributed by atoms with van der Waals surface area (Å²) in [6.07, 6.45) is 0. The Balaban J connectivity index is 0.000000396. The molecule has 0 aromatic heterocycles. The van der Waals surface area contributed by atoms with Crippen LogP contribution in [0.3, 0.4) is 0 Å². The van der Waals surface area contributed by atoms with Gasteiger partial charge in [0.25, 0.3) is 0 Å². The molecule has 0 amide bonds. The van der Waals surface area contributed by atoms with E-state index in [4.69, 9.17) is 0 Å². The molecule has 2 heteroatoms. The molecule has 0 saturated carbocycles. The third kappa shape index (κ3) is 2.62. The van der Waals surface area contributed by atoms with E-state index in [1.54, 1.807) is 0 Å². The molecule has 0 radical (unpaired) electrons. The fourth-order valence-corrected chi connectivity index (χ4v) is 1.30. The van der Waals surface area contributed by atoms with Crippen molar-refractivity contribution in [3.8, 4) is 0 Å². The molecular formula is C11H9BrZn. The predicted molar refractivity (Wildman–Crippen MR) is 56.4 cm³/mol. The first-order valence-electron chi connectivity index (χ1n) is 4.01. The van der Waals surface area contributed by atoms with Crippen molar-refractivity contribution in [1.82, 2.24) is 0 Å². The molecule has 2 aromatic carbocycles. The van der Waals surface area contributed by atoms with Crippen LogP contribution in [0, 0.1) is 13.0 Å². The van der Waals surface area contributed by atoms with Crippen molar-refractivity contribution in [2.45, 2.75) is 6.92 Å². The van der Waals surface area contributed by atoms with E-state index in [0.29, 0.717) is 0 Å². The average molecular weight is 286 g/mol. The Morgan fingerprint density at radius 3 is 2.54 bits per heavy atom. The molecule has 0 heterocycles. The SMILES string of the molecule is Cc1cc[c-]c2ccccc12.[Zn+][Br]. The summed E-state index contributed by atoms with van der Waals surface area (Å²) in [5.41, 5.74) is 1.32. The third-order valence-corrected chi connectivity index (χ3v) is 1.92. The Labute approximate surface area is 95.4 Å². The first-order chi connectivity index (χ1) is 6.38. The number of rotatable bonds is 0. The van der Waals surface area contributed by atoms with Crippen LogP contribution in [0.2, 0.25) is 0 Å². The normalized spacial score (nSPS) is 9.23. The monoisotopic (exact) mass is 284 g/mol. The predicted octanol–water partition coefficient (Wildman–Crippen LogP) is 3.79. The Bertz CT molecular complexity index is 379. The van der Waals surface area contributed by atoms with E-state index in [0.717, 1.165) is 0 Å². The standard InChI is InChI=1S/C11H9.BrH.Zn/c1-9-5-4-7-10-6-2-3-8-11(9)10;;/h2-6,8H,1H3;1H;/q-1;;+2/p-1. The second-order valence-corrected chi connectivity index (χ2v) is 2.71. The molecule has 62 valence electrons. The van der Waals surface area contributed by atoms with Crippen LogP contribution in [0.4, 0.5) is 0 Å². The Morgan fingerprint density at radius 2 is 1.85 bits per heavy atom. The fraction of sp³-hybridized carbons (Fsp3) is 0.0909. The van der Waals surface area contributed by atoms with Crippen LogP contribution in [0.5, 0.6) is 0 Å². The van der Waals surface area contributed by atoms with E-state index in [9.17, 15) is 0 Å². The first-order valence-corrected chi connectivity index (χ1v) is 11.0. The molecule has 0 aliphatic rings. The van der Waals surface area contributed by atoms with E-state index in [2.05, 4.69) is 50.9 Å². The van der Waals surface area contributed by atoms with Crippen LogP contribution < -0.4 is 0 Å². The first kappa shape index (κ1) is 10.9. The molecule has 0 aliphatic carbocycles. The van der Waals surface area contributed by atoms with E-state index >= 15 is 0 Å². The average Bonchev–Trinajstić information content (AvgIpc) is 2.22. The summed E-state index contributed by atoms with van der Waals surface area (Å²) in [6, 6.07) is 15.6. The Kier molecular flexibility index (Phi) is 4.62. The molecule has 0 atom stereocenters. The van der Waals surface area contributed by atoms with Gasteiger partial charge in [-0.25, -0.2) is 0 Å². The molecule has 2 aromatic rings. The van der Waals surface area contributed by atoms with Gasteiger partial charge in [-0.3, -0.25) is 0 Å². The van der Waals surface area contributed by atoms with Crippen LogP contribution in [0.1, 0.15) is 5.56 Å². The zero-order chi connectivity index (χ0) is 9.68. The van der Waals surface area contributed by atoms with Gasteiger partial charge < -0.3 is 0 Å². The van der Waals surface area contributed by atoms with Gasteiger partial charge in [-0.2, -0.15) is 0 Å². The van der Waals surface area contributed by atoms with Gasteiger partial charge in [-0.1, -0.05) is 19.1 Å². The van der Waals surface area contributed by atoms with Crippen molar-refractivity contribution in [2.75, 3.05) is 0 Å². The molecule has 0 unspecified atom stereocenters. The van der Waals surface area contributed by atoms with Crippen molar-refractivity contribution < 1.29 is 16.3 Å². The van der Waals surface area contributed by atoms with E-state index < -0.39 is 0 Å². The van der Waals surface area contributed by atoms with Crippen LogP contribution in [-0.2, 0) is 16.3 Å². The molecule has 0 bridgehead atoms. The van der Waals surface area contributed by atoms with Crippen molar-refractivity contribution in [3.63, 3.8) is 0 Å². The molecule has 13 heavy (non-hydrogen) atoms. The van der Waals surface area contributed by atoms with Crippen LogP contribution in [-0.4, -0.2) is 0 Å². The van der Waals surface area contributed by atoms with Crippen LogP contribution in [0.15, 0.2) is 36.4 Å². The van der Waals surface area contributed by atoms with Gasteiger partial charge in [0.05, 0.1) is 0 Å². The maximum atomic E-state index is 3.19. The fourth-order valence-electron chi connectivity index (χ4n) is 1.30. The minimum absolute atomic E-state index is 1.19. The second kappa shape index (κ2) is 5.52.